The summed E-state index contributed by atoms with van der Waals surface area (Å²) in [4.78, 5) is 13.1. The molecule has 0 rings (SSSR count). The molecular formula is C11H23NO2. The molecule has 14 heavy (non-hydrogen) atoms. The summed E-state index contributed by atoms with van der Waals surface area (Å²) in [6.07, 6.45) is 2.86. The van der Waals surface area contributed by atoms with Crippen LogP contribution in [-0.2, 0) is 4.79 Å². The molecule has 0 aromatic rings. The predicted molar refractivity (Wildman–Crippen MR) is 58.3 cm³/mol. The van der Waals surface area contributed by atoms with Gasteiger partial charge in [-0.05, 0) is 26.8 Å². The van der Waals surface area contributed by atoms with Crippen LogP contribution in [0.15, 0.2) is 0 Å². The van der Waals surface area contributed by atoms with Crippen molar-refractivity contribution in [1.82, 2.24) is 4.90 Å². The maximum absolute atomic E-state index is 10.9. The van der Waals surface area contributed by atoms with Gasteiger partial charge in [0.15, 0.2) is 0 Å². The first-order valence-electron chi connectivity index (χ1n) is 5.46. The molecule has 3 nitrogen and oxygen atoms in total. The Morgan fingerprint density at radius 1 is 1.43 bits per heavy atom. The molecule has 0 aliphatic carbocycles. The van der Waals surface area contributed by atoms with E-state index in [4.69, 9.17) is 5.11 Å². The fraction of sp³-hybridized carbons (Fsp3) is 0.909. The van der Waals surface area contributed by atoms with Gasteiger partial charge in [-0.15, -0.1) is 0 Å². The first-order valence-corrected chi connectivity index (χ1v) is 5.46. The van der Waals surface area contributed by atoms with Gasteiger partial charge < -0.3 is 5.11 Å². The lowest BCUT2D eigenvalue weighted by molar-refractivity contribution is -0.118. The van der Waals surface area contributed by atoms with Crippen LogP contribution in [0.5, 0.6) is 0 Å². The van der Waals surface area contributed by atoms with Crippen LogP contribution in [-0.4, -0.2) is 41.5 Å². The van der Waals surface area contributed by atoms with Gasteiger partial charge in [0.2, 0.25) is 0 Å². The topological polar surface area (TPSA) is 40.5 Å². The fourth-order valence-electron chi connectivity index (χ4n) is 1.59. The standard InChI is InChI=1S/C11H23NO2/c1-4-5-6-12(7-8-13)10(2)9-11(3)14/h10,13H,4-9H2,1-3H3. The highest BCUT2D eigenvalue weighted by Gasteiger charge is 2.13. The predicted octanol–water partition coefficient (Wildman–Crippen LogP) is 1.45. The number of hydrogen-bond donors (Lipinski definition) is 1. The number of ketones is 1. The number of rotatable bonds is 8. The first-order chi connectivity index (χ1) is 6.61. The van der Waals surface area contributed by atoms with Crippen molar-refractivity contribution in [3.05, 3.63) is 0 Å². The summed E-state index contributed by atoms with van der Waals surface area (Å²) in [5, 5.41) is 8.89. The van der Waals surface area contributed by atoms with Gasteiger partial charge in [0.1, 0.15) is 5.78 Å². The number of nitrogens with zero attached hydrogens (tertiary/aromatic N) is 1. The molecule has 0 aliphatic rings. The Balaban J connectivity index is 3.96. The third kappa shape index (κ3) is 6.11. The van der Waals surface area contributed by atoms with Gasteiger partial charge in [-0.2, -0.15) is 0 Å². The van der Waals surface area contributed by atoms with Gasteiger partial charge in [-0.1, -0.05) is 13.3 Å². The SMILES string of the molecule is CCCCN(CCO)C(C)CC(C)=O. The lowest BCUT2D eigenvalue weighted by Gasteiger charge is -2.27. The first kappa shape index (κ1) is 13.6. The van der Waals surface area contributed by atoms with E-state index in [1.165, 1.54) is 0 Å². The van der Waals surface area contributed by atoms with Crippen molar-refractivity contribution in [2.45, 2.75) is 46.1 Å². The maximum Gasteiger partial charge on any atom is 0.131 e. The van der Waals surface area contributed by atoms with Crippen LogP contribution >= 0.6 is 0 Å². The molecule has 0 radical (unpaired) electrons. The summed E-state index contributed by atoms with van der Waals surface area (Å²) in [6.45, 7) is 7.64. The van der Waals surface area contributed by atoms with Crippen LogP contribution in [0.4, 0.5) is 0 Å². The second-order valence-electron chi connectivity index (χ2n) is 3.87. The summed E-state index contributed by atoms with van der Waals surface area (Å²) in [5.41, 5.74) is 0. The highest BCUT2D eigenvalue weighted by molar-refractivity contribution is 5.76. The Hall–Kier alpha value is -0.410. The molecule has 3 heteroatoms. The van der Waals surface area contributed by atoms with Crippen molar-refractivity contribution < 1.29 is 9.90 Å². The van der Waals surface area contributed by atoms with Gasteiger partial charge in [0.25, 0.3) is 0 Å². The molecule has 0 amide bonds. The summed E-state index contributed by atoms with van der Waals surface area (Å²) in [7, 11) is 0. The number of aliphatic hydroxyl groups excluding tert-OH is 1. The molecule has 84 valence electrons. The fourth-order valence-corrected chi connectivity index (χ4v) is 1.59. The molecule has 0 bridgehead atoms. The molecule has 0 fully saturated rings. The third-order valence-corrected chi connectivity index (χ3v) is 2.39. The molecule has 1 unspecified atom stereocenters. The second kappa shape index (κ2) is 7.94. The Kier molecular flexibility index (Phi) is 7.71. The van der Waals surface area contributed by atoms with Crippen LogP contribution in [0.1, 0.15) is 40.0 Å². The number of unbranched alkanes of at least 4 members (excludes halogenated alkanes) is 1. The van der Waals surface area contributed by atoms with Gasteiger partial charge in [-0.25, -0.2) is 0 Å². The zero-order valence-electron chi connectivity index (χ0n) is 9.62. The van der Waals surface area contributed by atoms with Crippen LogP contribution in [0.25, 0.3) is 0 Å². The van der Waals surface area contributed by atoms with Crippen LogP contribution < -0.4 is 0 Å². The summed E-state index contributed by atoms with van der Waals surface area (Å²) in [6, 6.07) is 0.256. The molecule has 0 heterocycles. The Bertz CT molecular complexity index is 159. The number of carbonyl (C=O) groups is 1. The lowest BCUT2D eigenvalue weighted by Crippen LogP contribution is -2.37. The second-order valence-corrected chi connectivity index (χ2v) is 3.87. The monoisotopic (exact) mass is 201 g/mol. The zero-order valence-corrected chi connectivity index (χ0v) is 9.62. The molecule has 0 aliphatic heterocycles. The van der Waals surface area contributed by atoms with Gasteiger partial charge in [0.05, 0.1) is 6.61 Å². The average molecular weight is 201 g/mol. The van der Waals surface area contributed by atoms with E-state index >= 15 is 0 Å². The number of Topliss-reactive ketones (excluding diaryl/α,β-unsaturated/α-hetero) is 1. The average Bonchev–Trinajstić information content (AvgIpc) is 2.10. The summed E-state index contributed by atoms with van der Waals surface area (Å²) < 4.78 is 0. The highest BCUT2D eigenvalue weighted by atomic mass is 16.3. The lowest BCUT2D eigenvalue weighted by atomic mass is 10.1. The molecule has 0 spiro atoms. The zero-order chi connectivity index (χ0) is 11.0. The maximum atomic E-state index is 10.9. The van der Waals surface area contributed by atoms with Crippen LogP contribution in [0.2, 0.25) is 0 Å². The molecular weight excluding hydrogens is 178 g/mol. The quantitative estimate of drug-likeness (QED) is 0.646. The van der Waals surface area contributed by atoms with E-state index in [0.717, 1.165) is 19.4 Å². The number of aliphatic hydroxyl groups is 1. The normalized spacial score (nSPS) is 13.2. The Morgan fingerprint density at radius 2 is 2.07 bits per heavy atom. The van der Waals surface area contributed by atoms with Crippen molar-refractivity contribution >= 4 is 5.78 Å². The van der Waals surface area contributed by atoms with Gasteiger partial charge >= 0.3 is 0 Å². The van der Waals surface area contributed by atoms with Crippen molar-refractivity contribution in [1.29, 1.82) is 0 Å². The van der Waals surface area contributed by atoms with Gasteiger partial charge in [-0.3, -0.25) is 9.69 Å². The Morgan fingerprint density at radius 3 is 2.50 bits per heavy atom. The van der Waals surface area contributed by atoms with E-state index in [1.54, 1.807) is 6.92 Å². The molecule has 0 saturated carbocycles. The van der Waals surface area contributed by atoms with E-state index in [-0.39, 0.29) is 18.4 Å². The van der Waals surface area contributed by atoms with Crippen LogP contribution in [0.3, 0.4) is 0 Å². The van der Waals surface area contributed by atoms with E-state index < -0.39 is 0 Å². The molecule has 1 N–H and O–H groups in total. The van der Waals surface area contributed by atoms with E-state index in [0.29, 0.717) is 13.0 Å². The van der Waals surface area contributed by atoms with Crippen molar-refractivity contribution in [2.24, 2.45) is 0 Å². The third-order valence-electron chi connectivity index (χ3n) is 2.39. The highest BCUT2D eigenvalue weighted by Crippen LogP contribution is 2.06. The smallest absolute Gasteiger partial charge is 0.131 e. The van der Waals surface area contributed by atoms with Crippen molar-refractivity contribution in [3.63, 3.8) is 0 Å². The van der Waals surface area contributed by atoms with E-state index in [1.807, 2.05) is 6.92 Å². The van der Waals surface area contributed by atoms with E-state index in [2.05, 4.69) is 11.8 Å². The largest absolute Gasteiger partial charge is 0.395 e. The van der Waals surface area contributed by atoms with Gasteiger partial charge in [0, 0.05) is 19.0 Å². The number of hydrogen-bond acceptors (Lipinski definition) is 3. The van der Waals surface area contributed by atoms with Crippen LogP contribution in [0, 0.1) is 0 Å². The molecule has 1 atom stereocenters. The van der Waals surface area contributed by atoms with Crippen molar-refractivity contribution in [2.75, 3.05) is 19.7 Å². The van der Waals surface area contributed by atoms with E-state index in [9.17, 15) is 4.79 Å². The summed E-state index contributed by atoms with van der Waals surface area (Å²) >= 11 is 0. The molecule has 0 saturated heterocycles. The minimum atomic E-state index is 0.173. The Labute approximate surface area is 87.1 Å². The minimum absolute atomic E-state index is 0.173. The minimum Gasteiger partial charge on any atom is -0.395 e. The molecule has 0 aromatic heterocycles. The molecule has 0 aromatic carbocycles. The number of carbonyl (C=O) groups excluding carboxylic acids is 1. The van der Waals surface area contributed by atoms with Crippen molar-refractivity contribution in [3.8, 4) is 0 Å². The summed E-state index contributed by atoms with van der Waals surface area (Å²) in [5.74, 6) is 0.219.